The molecule has 0 heterocycles. The predicted molar refractivity (Wildman–Crippen MR) is 58.2 cm³/mol. The van der Waals surface area contributed by atoms with Gasteiger partial charge in [-0.25, -0.2) is 0 Å². The summed E-state index contributed by atoms with van der Waals surface area (Å²) < 4.78 is 0. The van der Waals surface area contributed by atoms with Crippen molar-refractivity contribution in [3.05, 3.63) is 0 Å². The highest BCUT2D eigenvalue weighted by Gasteiger charge is 2.23. The molecule has 0 saturated carbocycles. The van der Waals surface area contributed by atoms with Crippen molar-refractivity contribution < 1.29 is 9.90 Å². The Hall–Kier alpha value is -0.180. The fraction of sp³-hybridized carbons (Fsp3) is 0.900. The molecule has 2 atom stereocenters. The largest absolute Gasteiger partial charge is 0.480 e. The van der Waals surface area contributed by atoms with E-state index < -0.39 is 5.97 Å². The standard InChI is InChI=1S/C10H20O2S/c1-4-6-8(3)9(10(11)12)13-7-5-2/h8-9H,4-7H2,1-3H3,(H,11,12). The van der Waals surface area contributed by atoms with Crippen molar-refractivity contribution in [3.63, 3.8) is 0 Å². The van der Waals surface area contributed by atoms with Crippen LogP contribution in [0.5, 0.6) is 0 Å². The third-order valence-corrected chi connectivity index (χ3v) is 3.68. The molecular formula is C10H20O2S. The summed E-state index contributed by atoms with van der Waals surface area (Å²) in [4.78, 5) is 10.9. The zero-order valence-corrected chi connectivity index (χ0v) is 9.56. The molecule has 0 spiro atoms. The highest BCUT2D eigenvalue weighted by Crippen LogP contribution is 2.24. The van der Waals surface area contributed by atoms with Gasteiger partial charge >= 0.3 is 5.97 Å². The first kappa shape index (κ1) is 12.8. The molecule has 0 aromatic heterocycles. The Kier molecular flexibility index (Phi) is 7.14. The van der Waals surface area contributed by atoms with Crippen molar-refractivity contribution in [2.75, 3.05) is 5.75 Å². The molecule has 0 radical (unpaired) electrons. The van der Waals surface area contributed by atoms with E-state index in [0.717, 1.165) is 25.0 Å². The fourth-order valence-electron chi connectivity index (χ4n) is 1.33. The molecule has 2 nitrogen and oxygen atoms in total. The van der Waals surface area contributed by atoms with Crippen LogP contribution in [-0.4, -0.2) is 22.1 Å². The van der Waals surface area contributed by atoms with Gasteiger partial charge < -0.3 is 5.11 Å². The van der Waals surface area contributed by atoms with Crippen LogP contribution in [0.4, 0.5) is 0 Å². The summed E-state index contributed by atoms with van der Waals surface area (Å²) in [7, 11) is 0. The summed E-state index contributed by atoms with van der Waals surface area (Å²) in [5.41, 5.74) is 0. The first-order valence-corrected chi connectivity index (χ1v) is 6.02. The van der Waals surface area contributed by atoms with Gasteiger partial charge in [-0.1, -0.05) is 27.2 Å². The number of hydrogen-bond acceptors (Lipinski definition) is 2. The normalized spacial score (nSPS) is 15.3. The van der Waals surface area contributed by atoms with Gasteiger partial charge in [0, 0.05) is 0 Å². The summed E-state index contributed by atoms with van der Waals surface area (Å²) in [6.45, 7) is 6.21. The number of carboxylic acids is 1. The van der Waals surface area contributed by atoms with Gasteiger partial charge in [-0.3, -0.25) is 4.79 Å². The molecule has 3 heteroatoms. The van der Waals surface area contributed by atoms with E-state index in [-0.39, 0.29) is 5.25 Å². The highest BCUT2D eigenvalue weighted by atomic mass is 32.2. The summed E-state index contributed by atoms with van der Waals surface area (Å²) in [5, 5.41) is 8.77. The van der Waals surface area contributed by atoms with Crippen LogP contribution in [0.3, 0.4) is 0 Å². The second-order valence-corrected chi connectivity index (χ2v) is 4.65. The van der Waals surface area contributed by atoms with E-state index >= 15 is 0 Å². The molecule has 0 aliphatic carbocycles. The van der Waals surface area contributed by atoms with Crippen LogP contribution in [-0.2, 0) is 4.79 Å². The zero-order valence-electron chi connectivity index (χ0n) is 8.75. The minimum atomic E-state index is -0.653. The summed E-state index contributed by atoms with van der Waals surface area (Å²) in [5.74, 6) is 0.587. The van der Waals surface area contributed by atoms with Gasteiger partial charge in [0.2, 0.25) is 0 Å². The molecule has 1 N–H and O–H groups in total. The molecule has 0 amide bonds. The van der Waals surface area contributed by atoms with Crippen molar-refractivity contribution in [3.8, 4) is 0 Å². The van der Waals surface area contributed by atoms with E-state index in [1.165, 1.54) is 0 Å². The lowest BCUT2D eigenvalue weighted by Crippen LogP contribution is -2.24. The Balaban J connectivity index is 3.99. The van der Waals surface area contributed by atoms with E-state index in [1.54, 1.807) is 11.8 Å². The average Bonchev–Trinajstić information content (AvgIpc) is 2.05. The van der Waals surface area contributed by atoms with E-state index in [0.29, 0.717) is 5.92 Å². The molecule has 0 fully saturated rings. The molecular weight excluding hydrogens is 184 g/mol. The second-order valence-electron chi connectivity index (χ2n) is 3.40. The minimum Gasteiger partial charge on any atom is -0.480 e. The summed E-state index contributed by atoms with van der Waals surface area (Å²) in [6, 6.07) is 0. The van der Waals surface area contributed by atoms with E-state index in [9.17, 15) is 4.79 Å². The SMILES string of the molecule is CCCSC(C(=O)O)C(C)CCC. The molecule has 0 aliphatic heterocycles. The van der Waals surface area contributed by atoms with Crippen molar-refractivity contribution in [1.29, 1.82) is 0 Å². The lowest BCUT2D eigenvalue weighted by molar-refractivity contribution is -0.137. The monoisotopic (exact) mass is 204 g/mol. The smallest absolute Gasteiger partial charge is 0.316 e. The Morgan fingerprint density at radius 2 is 2.00 bits per heavy atom. The molecule has 0 aromatic rings. The summed E-state index contributed by atoms with van der Waals surface area (Å²) in [6.07, 6.45) is 3.12. The molecule has 0 aromatic carbocycles. The van der Waals surface area contributed by atoms with Crippen LogP contribution in [0.2, 0.25) is 0 Å². The molecule has 0 bridgehead atoms. The third-order valence-electron chi connectivity index (χ3n) is 2.01. The maximum absolute atomic E-state index is 10.9. The van der Waals surface area contributed by atoms with E-state index in [4.69, 9.17) is 5.11 Å². The fourth-order valence-corrected chi connectivity index (χ4v) is 2.43. The van der Waals surface area contributed by atoms with Crippen molar-refractivity contribution >= 4 is 17.7 Å². The van der Waals surface area contributed by atoms with Gasteiger partial charge in [-0.05, 0) is 24.5 Å². The Morgan fingerprint density at radius 1 is 1.38 bits per heavy atom. The van der Waals surface area contributed by atoms with Crippen LogP contribution in [0.1, 0.15) is 40.0 Å². The van der Waals surface area contributed by atoms with E-state index in [1.807, 2.05) is 6.92 Å². The third kappa shape index (κ3) is 5.19. The number of rotatable bonds is 7. The second kappa shape index (κ2) is 7.25. The zero-order chi connectivity index (χ0) is 10.3. The van der Waals surface area contributed by atoms with Crippen LogP contribution in [0, 0.1) is 5.92 Å². The van der Waals surface area contributed by atoms with Crippen LogP contribution < -0.4 is 0 Å². The maximum atomic E-state index is 10.9. The Bertz CT molecular complexity index is 148. The number of carbonyl (C=O) groups is 1. The van der Waals surface area contributed by atoms with E-state index in [2.05, 4.69) is 13.8 Å². The molecule has 0 rings (SSSR count). The van der Waals surface area contributed by atoms with Gasteiger partial charge in [0.15, 0.2) is 0 Å². The van der Waals surface area contributed by atoms with Crippen molar-refractivity contribution in [2.24, 2.45) is 5.92 Å². The highest BCUT2D eigenvalue weighted by molar-refractivity contribution is 8.00. The molecule has 78 valence electrons. The first-order valence-electron chi connectivity index (χ1n) is 4.97. The number of thioether (sulfide) groups is 1. The Labute approximate surface area is 85.1 Å². The average molecular weight is 204 g/mol. The number of hydrogen-bond donors (Lipinski definition) is 1. The number of aliphatic carboxylic acids is 1. The van der Waals surface area contributed by atoms with Crippen LogP contribution >= 0.6 is 11.8 Å². The van der Waals surface area contributed by atoms with Crippen molar-refractivity contribution in [1.82, 2.24) is 0 Å². The maximum Gasteiger partial charge on any atom is 0.316 e. The molecule has 13 heavy (non-hydrogen) atoms. The van der Waals surface area contributed by atoms with Gasteiger partial charge in [-0.15, -0.1) is 11.8 Å². The van der Waals surface area contributed by atoms with Gasteiger partial charge in [0.1, 0.15) is 5.25 Å². The topological polar surface area (TPSA) is 37.3 Å². The first-order chi connectivity index (χ1) is 6.13. The summed E-state index contributed by atoms with van der Waals surface area (Å²) >= 11 is 1.58. The molecule has 0 saturated heterocycles. The minimum absolute atomic E-state index is 0.208. The predicted octanol–water partition coefficient (Wildman–Crippen LogP) is 3.02. The molecule has 2 unspecified atom stereocenters. The Morgan fingerprint density at radius 3 is 2.38 bits per heavy atom. The quantitative estimate of drug-likeness (QED) is 0.692. The van der Waals surface area contributed by atoms with Crippen LogP contribution in [0.25, 0.3) is 0 Å². The number of carboxylic acid groups (broad SMARTS) is 1. The lowest BCUT2D eigenvalue weighted by Gasteiger charge is -2.18. The van der Waals surface area contributed by atoms with Gasteiger partial charge in [-0.2, -0.15) is 0 Å². The molecule has 0 aliphatic rings. The van der Waals surface area contributed by atoms with Crippen LogP contribution in [0.15, 0.2) is 0 Å². The lowest BCUT2D eigenvalue weighted by atomic mass is 10.0. The van der Waals surface area contributed by atoms with Gasteiger partial charge in [0.25, 0.3) is 0 Å². The van der Waals surface area contributed by atoms with Gasteiger partial charge in [0.05, 0.1) is 0 Å². The van der Waals surface area contributed by atoms with Crippen molar-refractivity contribution in [2.45, 2.75) is 45.3 Å².